The Kier molecular flexibility index (Phi) is 4.82. The summed E-state index contributed by atoms with van der Waals surface area (Å²) in [6.45, 7) is 0.369. The number of hydrogen-bond donors (Lipinski definition) is 2. The lowest BCUT2D eigenvalue weighted by molar-refractivity contribution is -0.126. The highest BCUT2D eigenvalue weighted by Crippen LogP contribution is 2.28. The number of rotatable bonds is 5. The van der Waals surface area contributed by atoms with Gasteiger partial charge in [0.2, 0.25) is 11.8 Å². The van der Waals surface area contributed by atoms with E-state index < -0.39 is 0 Å². The fraction of sp³-hybridized carbons (Fsp3) is 0.385. The molecule has 0 aromatic heterocycles. The molecule has 2 N–H and O–H groups in total. The van der Waals surface area contributed by atoms with E-state index in [1.807, 2.05) is 12.1 Å². The Morgan fingerprint density at radius 3 is 2.68 bits per heavy atom. The summed E-state index contributed by atoms with van der Waals surface area (Å²) in [7, 11) is 0. The fourth-order valence-corrected chi connectivity index (χ4v) is 2.32. The zero-order chi connectivity index (χ0) is 13.8. The topological polar surface area (TPSA) is 58.2 Å². The lowest BCUT2D eigenvalue weighted by atomic mass is 10.2. The van der Waals surface area contributed by atoms with E-state index in [0.29, 0.717) is 11.6 Å². The van der Waals surface area contributed by atoms with Crippen molar-refractivity contribution in [3.63, 3.8) is 0 Å². The van der Waals surface area contributed by atoms with Crippen LogP contribution in [0.5, 0.6) is 0 Å². The summed E-state index contributed by atoms with van der Waals surface area (Å²) in [6, 6.07) is 5.48. The highest BCUT2D eigenvalue weighted by Gasteiger charge is 2.29. The van der Waals surface area contributed by atoms with Gasteiger partial charge in [-0.1, -0.05) is 33.6 Å². The van der Waals surface area contributed by atoms with Crippen LogP contribution in [0.2, 0.25) is 5.02 Å². The van der Waals surface area contributed by atoms with Gasteiger partial charge < -0.3 is 10.6 Å². The van der Waals surface area contributed by atoms with Crippen molar-refractivity contribution in [1.82, 2.24) is 10.6 Å². The summed E-state index contributed by atoms with van der Waals surface area (Å²) >= 11 is 9.36. The maximum absolute atomic E-state index is 11.6. The van der Waals surface area contributed by atoms with Crippen molar-refractivity contribution in [1.29, 1.82) is 0 Å². The molecule has 0 heterocycles. The molecule has 2 amide bonds. The monoisotopic (exact) mass is 344 g/mol. The van der Waals surface area contributed by atoms with Crippen molar-refractivity contribution in [2.75, 3.05) is 6.54 Å². The number of amides is 2. The zero-order valence-corrected chi connectivity index (χ0v) is 12.6. The summed E-state index contributed by atoms with van der Waals surface area (Å²) in [5.41, 5.74) is 0.840. The van der Waals surface area contributed by atoms with E-state index >= 15 is 0 Å². The van der Waals surface area contributed by atoms with Crippen molar-refractivity contribution < 1.29 is 9.59 Å². The normalized spacial score (nSPS) is 14.0. The lowest BCUT2D eigenvalue weighted by Crippen LogP contribution is -2.37. The first-order valence-corrected chi connectivity index (χ1v) is 7.21. The number of nitrogens with one attached hydrogen (secondary N) is 2. The first-order chi connectivity index (χ1) is 9.06. The van der Waals surface area contributed by atoms with E-state index in [1.165, 1.54) is 0 Å². The molecule has 0 atom stereocenters. The molecule has 1 aromatic carbocycles. The SMILES string of the molecule is O=C(CNC(=O)C1CC1)NCc1ccc(Br)cc1Cl. The predicted molar refractivity (Wildman–Crippen MR) is 76.7 cm³/mol. The Bertz CT molecular complexity index is 503. The third kappa shape index (κ3) is 4.51. The summed E-state index contributed by atoms with van der Waals surface area (Å²) in [5.74, 6) is -0.126. The second-order valence-electron chi connectivity index (χ2n) is 4.50. The molecule has 1 aromatic rings. The largest absolute Gasteiger partial charge is 0.350 e. The average Bonchev–Trinajstić information content (AvgIpc) is 3.19. The second kappa shape index (κ2) is 6.39. The van der Waals surface area contributed by atoms with Crippen molar-refractivity contribution in [2.45, 2.75) is 19.4 Å². The average molecular weight is 346 g/mol. The van der Waals surface area contributed by atoms with Crippen LogP contribution in [0, 0.1) is 5.92 Å². The van der Waals surface area contributed by atoms with E-state index in [-0.39, 0.29) is 24.3 Å². The van der Waals surface area contributed by atoms with Crippen LogP contribution in [0.4, 0.5) is 0 Å². The van der Waals surface area contributed by atoms with E-state index in [1.54, 1.807) is 6.07 Å². The molecule has 0 unspecified atom stereocenters. The Morgan fingerprint density at radius 2 is 2.05 bits per heavy atom. The second-order valence-corrected chi connectivity index (χ2v) is 5.83. The fourth-order valence-electron chi connectivity index (χ4n) is 1.58. The molecular weight excluding hydrogens is 332 g/mol. The van der Waals surface area contributed by atoms with Gasteiger partial charge in [-0.2, -0.15) is 0 Å². The van der Waals surface area contributed by atoms with Crippen LogP contribution in [0.1, 0.15) is 18.4 Å². The van der Waals surface area contributed by atoms with Crippen LogP contribution in [0.15, 0.2) is 22.7 Å². The first-order valence-electron chi connectivity index (χ1n) is 6.04. The first kappa shape index (κ1) is 14.3. The molecule has 0 bridgehead atoms. The van der Waals surface area contributed by atoms with Crippen LogP contribution in [-0.4, -0.2) is 18.4 Å². The minimum Gasteiger partial charge on any atom is -0.350 e. The standard InChI is InChI=1S/C13H14BrClN2O2/c14-10-4-3-9(11(15)5-10)6-16-12(18)7-17-13(19)8-1-2-8/h3-5,8H,1-2,6-7H2,(H,16,18)(H,17,19). The van der Waals surface area contributed by atoms with Crippen molar-refractivity contribution in [3.8, 4) is 0 Å². The lowest BCUT2D eigenvalue weighted by Gasteiger charge is -2.08. The molecule has 102 valence electrons. The molecule has 1 aliphatic carbocycles. The van der Waals surface area contributed by atoms with Gasteiger partial charge in [0.05, 0.1) is 6.54 Å². The zero-order valence-electron chi connectivity index (χ0n) is 10.2. The highest BCUT2D eigenvalue weighted by molar-refractivity contribution is 9.10. The summed E-state index contributed by atoms with van der Waals surface area (Å²) in [6.07, 6.45) is 1.86. The molecule has 6 heteroatoms. The third-order valence-electron chi connectivity index (χ3n) is 2.86. The van der Waals surface area contributed by atoms with Crippen molar-refractivity contribution in [2.24, 2.45) is 5.92 Å². The number of carbonyl (C=O) groups excluding carboxylic acids is 2. The molecular formula is C13H14BrClN2O2. The predicted octanol–water partition coefficient (Wildman–Crippen LogP) is 2.24. The van der Waals surface area contributed by atoms with Gasteiger partial charge >= 0.3 is 0 Å². The van der Waals surface area contributed by atoms with Crippen LogP contribution in [0.25, 0.3) is 0 Å². The van der Waals surface area contributed by atoms with Crippen molar-refractivity contribution in [3.05, 3.63) is 33.3 Å². The van der Waals surface area contributed by atoms with E-state index in [0.717, 1.165) is 22.9 Å². The molecule has 0 aliphatic heterocycles. The van der Waals surface area contributed by atoms with Crippen LogP contribution >= 0.6 is 27.5 Å². The van der Waals surface area contributed by atoms with Gasteiger partial charge in [0.15, 0.2) is 0 Å². The smallest absolute Gasteiger partial charge is 0.239 e. The van der Waals surface area contributed by atoms with E-state index in [4.69, 9.17) is 11.6 Å². The summed E-state index contributed by atoms with van der Waals surface area (Å²) < 4.78 is 0.893. The summed E-state index contributed by atoms with van der Waals surface area (Å²) in [5, 5.41) is 5.93. The Hall–Kier alpha value is -1.07. The van der Waals surface area contributed by atoms with E-state index in [2.05, 4.69) is 26.6 Å². The number of benzene rings is 1. The van der Waals surface area contributed by atoms with Gasteiger partial charge in [-0.25, -0.2) is 0 Å². The molecule has 2 rings (SSSR count). The molecule has 1 saturated carbocycles. The minimum atomic E-state index is -0.215. The third-order valence-corrected chi connectivity index (χ3v) is 3.71. The van der Waals surface area contributed by atoms with Crippen LogP contribution < -0.4 is 10.6 Å². The van der Waals surface area contributed by atoms with Crippen molar-refractivity contribution >= 4 is 39.3 Å². The van der Waals surface area contributed by atoms with Crippen LogP contribution in [-0.2, 0) is 16.1 Å². The van der Waals surface area contributed by atoms with Gasteiger partial charge in [-0.15, -0.1) is 0 Å². The van der Waals surface area contributed by atoms with Gasteiger partial charge in [0.1, 0.15) is 0 Å². The van der Waals surface area contributed by atoms with Crippen LogP contribution in [0.3, 0.4) is 0 Å². The van der Waals surface area contributed by atoms with Gasteiger partial charge in [-0.3, -0.25) is 9.59 Å². The number of halogens is 2. The maximum atomic E-state index is 11.6. The number of hydrogen-bond acceptors (Lipinski definition) is 2. The van der Waals surface area contributed by atoms with Gasteiger partial charge in [0.25, 0.3) is 0 Å². The van der Waals surface area contributed by atoms with Gasteiger partial charge in [0, 0.05) is 22.0 Å². The molecule has 19 heavy (non-hydrogen) atoms. The Balaban J connectivity index is 1.74. The molecule has 1 fully saturated rings. The molecule has 0 radical (unpaired) electrons. The minimum absolute atomic E-state index is 0.0173. The molecule has 0 saturated heterocycles. The highest BCUT2D eigenvalue weighted by atomic mass is 79.9. The number of carbonyl (C=O) groups is 2. The molecule has 0 spiro atoms. The Morgan fingerprint density at radius 1 is 1.32 bits per heavy atom. The quantitative estimate of drug-likeness (QED) is 0.860. The summed E-state index contributed by atoms with van der Waals surface area (Å²) in [4.78, 5) is 22.9. The molecule has 1 aliphatic rings. The molecule has 4 nitrogen and oxygen atoms in total. The van der Waals surface area contributed by atoms with E-state index in [9.17, 15) is 9.59 Å². The Labute approximate surface area is 125 Å². The maximum Gasteiger partial charge on any atom is 0.239 e. The van der Waals surface area contributed by atoms with Gasteiger partial charge in [-0.05, 0) is 30.5 Å².